The van der Waals surface area contributed by atoms with Gasteiger partial charge in [-0.1, -0.05) is 46.0 Å². The van der Waals surface area contributed by atoms with Crippen LogP contribution in [0.2, 0.25) is 0 Å². The maximum atomic E-state index is 12.4. The van der Waals surface area contributed by atoms with Gasteiger partial charge in [-0.15, -0.1) is 0 Å². The Bertz CT molecular complexity index is 209. The number of unbranched alkanes of at least 4 members (excludes halogenated alkanes) is 5. The Balaban J connectivity index is 4.09. The van der Waals surface area contributed by atoms with E-state index in [-0.39, 0.29) is 6.54 Å². The van der Waals surface area contributed by atoms with E-state index in [1.807, 2.05) is 0 Å². The summed E-state index contributed by atoms with van der Waals surface area (Å²) in [5, 5.41) is 9.15. The van der Waals surface area contributed by atoms with Gasteiger partial charge in [-0.05, 0) is 25.9 Å². The third-order valence-corrected chi connectivity index (χ3v) is 3.21. The first-order chi connectivity index (χ1) is 8.91. The van der Waals surface area contributed by atoms with Crippen molar-refractivity contribution in [2.24, 2.45) is 0 Å². The lowest BCUT2D eigenvalue weighted by molar-refractivity contribution is -0.208. The number of halogens is 3. The second kappa shape index (κ2) is 10.5. The predicted octanol–water partition coefficient (Wildman–Crippen LogP) is 3.98. The van der Waals surface area contributed by atoms with Crippen LogP contribution >= 0.6 is 0 Å². The topological polar surface area (TPSA) is 23.5 Å². The van der Waals surface area contributed by atoms with Crippen molar-refractivity contribution in [2.75, 3.05) is 19.6 Å². The molecule has 0 saturated carbocycles. The van der Waals surface area contributed by atoms with Gasteiger partial charge in [-0.2, -0.15) is 13.2 Å². The van der Waals surface area contributed by atoms with Crippen LogP contribution in [0.3, 0.4) is 0 Å². The van der Waals surface area contributed by atoms with Crippen molar-refractivity contribution in [1.82, 2.24) is 4.90 Å². The van der Waals surface area contributed by atoms with Crippen molar-refractivity contribution in [3.63, 3.8) is 0 Å². The summed E-state index contributed by atoms with van der Waals surface area (Å²) in [6.45, 7) is 5.17. The molecule has 0 bridgehead atoms. The van der Waals surface area contributed by atoms with Crippen molar-refractivity contribution in [3.8, 4) is 0 Å². The minimum atomic E-state index is -4.51. The lowest BCUT2D eigenvalue weighted by Gasteiger charge is -2.26. The number of nitrogens with zero attached hydrogens (tertiary/aromatic N) is 1. The molecule has 0 fully saturated rings. The summed E-state index contributed by atoms with van der Waals surface area (Å²) in [6, 6.07) is 0. The monoisotopic (exact) mass is 283 g/mol. The van der Waals surface area contributed by atoms with Crippen LogP contribution in [-0.2, 0) is 0 Å². The second-order valence-corrected chi connectivity index (χ2v) is 5.13. The quantitative estimate of drug-likeness (QED) is 0.580. The summed E-state index contributed by atoms with van der Waals surface area (Å²) < 4.78 is 37.1. The maximum absolute atomic E-state index is 12.4. The zero-order chi connectivity index (χ0) is 14.7. The summed E-state index contributed by atoms with van der Waals surface area (Å²) in [6.07, 6.45) is 0.416. The molecule has 0 rings (SSSR count). The lowest BCUT2D eigenvalue weighted by atomic mass is 10.1. The van der Waals surface area contributed by atoms with E-state index in [9.17, 15) is 13.2 Å². The van der Waals surface area contributed by atoms with E-state index in [1.54, 1.807) is 4.90 Å². The Labute approximate surface area is 115 Å². The molecular weight excluding hydrogens is 255 g/mol. The van der Waals surface area contributed by atoms with Crippen LogP contribution < -0.4 is 0 Å². The van der Waals surface area contributed by atoms with Crippen LogP contribution in [0, 0.1) is 0 Å². The van der Waals surface area contributed by atoms with Crippen molar-refractivity contribution < 1.29 is 18.3 Å². The second-order valence-electron chi connectivity index (χ2n) is 5.13. The maximum Gasteiger partial charge on any atom is 0.415 e. The molecule has 19 heavy (non-hydrogen) atoms. The third-order valence-electron chi connectivity index (χ3n) is 3.21. The summed E-state index contributed by atoms with van der Waals surface area (Å²) >= 11 is 0. The molecule has 0 heterocycles. The number of hydrogen-bond acceptors (Lipinski definition) is 2. The van der Waals surface area contributed by atoms with Gasteiger partial charge in [0.1, 0.15) is 0 Å². The fourth-order valence-electron chi connectivity index (χ4n) is 1.99. The molecule has 1 atom stereocenters. The zero-order valence-corrected chi connectivity index (χ0v) is 12.2. The highest BCUT2D eigenvalue weighted by Crippen LogP contribution is 2.21. The van der Waals surface area contributed by atoms with Gasteiger partial charge in [0.2, 0.25) is 0 Å². The zero-order valence-electron chi connectivity index (χ0n) is 12.2. The number of aliphatic hydroxyl groups excluding tert-OH is 1. The molecule has 116 valence electrons. The van der Waals surface area contributed by atoms with Crippen molar-refractivity contribution >= 4 is 0 Å². The van der Waals surface area contributed by atoms with E-state index in [4.69, 9.17) is 5.11 Å². The van der Waals surface area contributed by atoms with Crippen LogP contribution in [0.25, 0.3) is 0 Å². The molecular formula is C14H28F3NO. The average Bonchev–Trinajstić information content (AvgIpc) is 2.33. The fourth-order valence-corrected chi connectivity index (χ4v) is 1.99. The van der Waals surface area contributed by atoms with Crippen LogP contribution in [0.15, 0.2) is 0 Å². The van der Waals surface area contributed by atoms with E-state index in [0.717, 1.165) is 44.9 Å². The van der Waals surface area contributed by atoms with E-state index < -0.39 is 12.3 Å². The highest BCUT2D eigenvalue weighted by molar-refractivity contribution is 4.71. The van der Waals surface area contributed by atoms with Gasteiger partial charge in [0, 0.05) is 6.54 Å². The van der Waals surface area contributed by atoms with Crippen LogP contribution in [-0.4, -0.2) is 41.9 Å². The summed E-state index contributed by atoms with van der Waals surface area (Å²) in [5.74, 6) is 0. The van der Waals surface area contributed by atoms with Gasteiger partial charge in [0.15, 0.2) is 6.10 Å². The number of rotatable bonds is 11. The molecule has 0 aromatic rings. The third kappa shape index (κ3) is 10.2. The average molecular weight is 283 g/mol. The Kier molecular flexibility index (Phi) is 10.3. The van der Waals surface area contributed by atoms with E-state index in [0.29, 0.717) is 13.1 Å². The highest BCUT2D eigenvalue weighted by atomic mass is 19.4. The molecule has 0 unspecified atom stereocenters. The molecule has 2 nitrogen and oxygen atoms in total. The van der Waals surface area contributed by atoms with Gasteiger partial charge >= 0.3 is 6.18 Å². The Morgan fingerprint density at radius 2 is 1.37 bits per heavy atom. The molecule has 0 aromatic heterocycles. The van der Waals surface area contributed by atoms with E-state index >= 15 is 0 Å². The van der Waals surface area contributed by atoms with Crippen LogP contribution in [0.1, 0.15) is 58.8 Å². The molecule has 0 aliphatic carbocycles. The molecule has 5 heteroatoms. The van der Waals surface area contributed by atoms with Crippen molar-refractivity contribution in [1.29, 1.82) is 0 Å². The summed E-state index contributed by atoms with van der Waals surface area (Å²) in [5.41, 5.74) is 0. The molecule has 0 aromatic carbocycles. The first kappa shape index (κ1) is 18.7. The smallest absolute Gasteiger partial charge is 0.382 e. The van der Waals surface area contributed by atoms with Crippen LogP contribution in [0.4, 0.5) is 13.2 Å². The predicted molar refractivity (Wildman–Crippen MR) is 72.2 cm³/mol. The van der Waals surface area contributed by atoms with Gasteiger partial charge in [0.25, 0.3) is 0 Å². The SMILES string of the molecule is CCCCCCN(CCCCC)C[C@@H](O)C(F)(F)F. The Hall–Kier alpha value is -0.290. The number of aliphatic hydroxyl groups is 1. The Morgan fingerprint density at radius 1 is 0.895 bits per heavy atom. The Morgan fingerprint density at radius 3 is 1.84 bits per heavy atom. The minimum absolute atomic E-state index is 0.292. The van der Waals surface area contributed by atoms with Gasteiger partial charge in [-0.25, -0.2) is 0 Å². The van der Waals surface area contributed by atoms with E-state index in [1.165, 1.54) is 0 Å². The first-order valence-corrected chi connectivity index (χ1v) is 7.38. The van der Waals surface area contributed by atoms with Crippen LogP contribution in [0.5, 0.6) is 0 Å². The lowest BCUT2D eigenvalue weighted by Crippen LogP contribution is -2.41. The standard InChI is InChI=1S/C14H28F3NO/c1-3-5-7-9-11-18(10-8-6-4-2)12-13(19)14(15,16)17/h13,19H,3-12H2,1-2H3/t13-/m1/s1. The van der Waals surface area contributed by atoms with Crippen molar-refractivity contribution in [2.45, 2.75) is 71.1 Å². The fraction of sp³-hybridized carbons (Fsp3) is 1.00. The molecule has 0 aliphatic heterocycles. The van der Waals surface area contributed by atoms with E-state index in [2.05, 4.69) is 13.8 Å². The largest absolute Gasteiger partial charge is 0.415 e. The molecule has 0 aliphatic rings. The number of hydrogen-bond donors (Lipinski definition) is 1. The summed E-state index contributed by atoms with van der Waals surface area (Å²) in [7, 11) is 0. The molecule has 0 spiro atoms. The van der Waals surface area contributed by atoms with Gasteiger partial charge in [0.05, 0.1) is 0 Å². The molecule has 0 amide bonds. The minimum Gasteiger partial charge on any atom is -0.382 e. The normalized spacial score (nSPS) is 14.1. The summed E-state index contributed by atoms with van der Waals surface area (Å²) in [4.78, 5) is 1.75. The van der Waals surface area contributed by atoms with Gasteiger partial charge in [-0.3, -0.25) is 0 Å². The van der Waals surface area contributed by atoms with Gasteiger partial charge < -0.3 is 10.0 Å². The molecule has 1 N–H and O–H groups in total. The number of alkyl halides is 3. The molecule has 0 saturated heterocycles. The first-order valence-electron chi connectivity index (χ1n) is 7.38. The highest BCUT2D eigenvalue weighted by Gasteiger charge is 2.38. The van der Waals surface area contributed by atoms with Crippen molar-refractivity contribution in [3.05, 3.63) is 0 Å². The molecule has 0 radical (unpaired) electrons.